The van der Waals surface area contributed by atoms with E-state index in [9.17, 15) is 0 Å². The molecule has 0 amide bonds. The Bertz CT molecular complexity index is 153. The van der Waals surface area contributed by atoms with Gasteiger partial charge >= 0.3 is 0 Å². The van der Waals surface area contributed by atoms with Crippen molar-refractivity contribution >= 4 is 0 Å². The Morgan fingerprint density at radius 3 is 2.64 bits per heavy atom. The Labute approximate surface area is 85.3 Å². The van der Waals surface area contributed by atoms with E-state index < -0.39 is 5.41 Å². The molecule has 0 aromatic rings. The van der Waals surface area contributed by atoms with Crippen molar-refractivity contribution in [2.24, 2.45) is 5.41 Å². The summed E-state index contributed by atoms with van der Waals surface area (Å²) >= 11 is 0. The molecule has 4 nitrogen and oxygen atoms in total. The lowest BCUT2D eigenvalue weighted by Crippen LogP contribution is -2.40. The zero-order valence-corrected chi connectivity index (χ0v) is 8.83. The zero-order valence-electron chi connectivity index (χ0n) is 8.83. The van der Waals surface area contributed by atoms with Crippen molar-refractivity contribution in [3.63, 3.8) is 0 Å². The molecule has 1 rings (SSSR count). The molecule has 0 spiro atoms. The van der Waals surface area contributed by atoms with Gasteiger partial charge in [-0.25, -0.2) is 0 Å². The van der Waals surface area contributed by atoms with Gasteiger partial charge in [0.05, 0.1) is 19.3 Å². The molecule has 4 heteroatoms. The van der Waals surface area contributed by atoms with E-state index >= 15 is 0 Å². The second-order valence-corrected chi connectivity index (χ2v) is 4.39. The summed E-state index contributed by atoms with van der Waals surface area (Å²) in [5.74, 6) is 0. The topological polar surface area (TPSA) is 61.7 Å². The maximum Gasteiger partial charge on any atom is 0.0700 e. The van der Waals surface area contributed by atoms with Gasteiger partial charge in [-0.1, -0.05) is 6.92 Å². The molecule has 0 aromatic heterocycles. The van der Waals surface area contributed by atoms with Gasteiger partial charge in [-0.2, -0.15) is 0 Å². The van der Waals surface area contributed by atoms with Crippen molar-refractivity contribution in [2.45, 2.75) is 25.9 Å². The number of aliphatic hydroxyl groups is 2. The number of hydrogen-bond acceptors (Lipinski definition) is 4. The van der Waals surface area contributed by atoms with Crippen LogP contribution in [0.2, 0.25) is 0 Å². The van der Waals surface area contributed by atoms with Gasteiger partial charge in [0.15, 0.2) is 0 Å². The van der Waals surface area contributed by atoms with Gasteiger partial charge < -0.3 is 20.3 Å². The van der Waals surface area contributed by atoms with E-state index in [-0.39, 0.29) is 13.2 Å². The highest BCUT2D eigenvalue weighted by Crippen LogP contribution is 2.14. The van der Waals surface area contributed by atoms with Crippen LogP contribution in [0.1, 0.15) is 19.8 Å². The molecule has 84 valence electrons. The van der Waals surface area contributed by atoms with Gasteiger partial charge in [0.2, 0.25) is 0 Å². The Morgan fingerprint density at radius 2 is 2.14 bits per heavy atom. The molecule has 1 unspecified atom stereocenters. The first-order valence-electron chi connectivity index (χ1n) is 5.24. The zero-order chi connectivity index (χ0) is 10.4. The van der Waals surface area contributed by atoms with Crippen molar-refractivity contribution in [1.82, 2.24) is 5.32 Å². The molecule has 1 saturated heterocycles. The largest absolute Gasteiger partial charge is 0.396 e. The average Bonchev–Trinajstić information content (AvgIpc) is 2.70. The molecule has 0 aromatic carbocycles. The van der Waals surface area contributed by atoms with Gasteiger partial charge in [-0.15, -0.1) is 0 Å². The molecule has 0 bridgehead atoms. The molecule has 0 radical (unpaired) electrons. The molecule has 1 atom stereocenters. The average molecular weight is 203 g/mol. The fourth-order valence-corrected chi connectivity index (χ4v) is 1.50. The van der Waals surface area contributed by atoms with E-state index in [1.807, 2.05) is 6.92 Å². The van der Waals surface area contributed by atoms with Gasteiger partial charge in [-0.05, 0) is 12.8 Å². The Morgan fingerprint density at radius 1 is 1.43 bits per heavy atom. The minimum Gasteiger partial charge on any atom is -0.396 e. The third kappa shape index (κ3) is 3.53. The SMILES string of the molecule is CC(CO)(CO)CNCC1CCCO1. The van der Waals surface area contributed by atoms with Crippen LogP contribution in [0.4, 0.5) is 0 Å². The maximum absolute atomic E-state index is 9.05. The molecule has 1 aliphatic rings. The predicted octanol–water partition coefficient (Wildman–Crippen LogP) is -0.254. The van der Waals surface area contributed by atoms with Crippen molar-refractivity contribution in [2.75, 3.05) is 32.9 Å². The molecule has 14 heavy (non-hydrogen) atoms. The summed E-state index contributed by atoms with van der Waals surface area (Å²) in [5, 5.41) is 21.3. The summed E-state index contributed by atoms with van der Waals surface area (Å²) in [4.78, 5) is 0. The van der Waals surface area contributed by atoms with E-state index in [0.717, 1.165) is 26.0 Å². The van der Waals surface area contributed by atoms with Crippen LogP contribution in [-0.2, 0) is 4.74 Å². The third-order valence-electron chi connectivity index (χ3n) is 2.71. The monoisotopic (exact) mass is 203 g/mol. The van der Waals surface area contributed by atoms with Gasteiger partial charge in [0.1, 0.15) is 0 Å². The molecule has 0 saturated carbocycles. The van der Waals surface area contributed by atoms with Gasteiger partial charge in [0.25, 0.3) is 0 Å². The second kappa shape index (κ2) is 5.66. The summed E-state index contributed by atoms with van der Waals surface area (Å²) in [5.41, 5.74) is -0.418. The minimum atomic E-state index is -0.418. The third-order valence-corrected chi connectivity index (χ3v) is 2.71. The second-order valence-electron chi connectivity index (χ2n) is 4.39. The summed E-state index contributed by atoms with van der Waals surface area (Å²) in [7, 11) is 0. The smallest absolute Gasteiger partial charge is 0.0700 e. The standard InChI is InChI=1S/C10H21NO3/c1-10(7-12,8-13)6-11-5-9-3-2-4-14-9/h9,11-13H,2-8H2,1H3. The first-order chi connectivity index (χ1) is 6.70. The van der Waals surface area contributed by atoms with Crippen LogP contribution in [0.15, 0.2) is 0 Å². The highest BCUT2D eigenvalue weighted by molar-refractivity contribution is 4.76. The molecule has 3 N–H and O–H groups in total. The molecule has 1 heterocycles. The van der Waals surface area contributed by atoms with Crippen LogP contribution in [-0.4, -0.2) is 49.2 Å². The highest BCUT2D eigenvalue weighted by Gasteiger charge is 2.23. The van der Waals surface area contributed by atoms with E-state index in [1.54, 1.807) is 0 Å². The maximum atomic E-state index is 9.05. The Hall–Kier alpha value is -0.160. The quantitative estimate of drug-likeness (QED) is 0.557. The van der Waals surface area contributed by atoms with E-state index in [4.69, 9.17) is 14.9 Å². The molecule has 1 aliphatic heterocycles. The molecular formula is C10H21NO3. The van der Waals surface area contributed by atoms with Gasteiger partial charge in [0, 0.05) is 25.1 Å². The normalized spacial score (nSPS) is 22.9. The van der Waals surface area contributed by atoms with Crippen LogP contribution in [0.3, 0.4) is 0 Å². The minimum absolute atomic E-state index is 0.00201. The van der Waals surface area contributed by atoms with Crippen molar-refractivity contribution in [3.05, 3.63) is 0 Å². The van der Waals surface area contributed by atoms with Crippen LogP contribution < -0.4 is 5.32 Å². The van der Waals surface area contributed by atoms with Crippen LogP contribution in [0, 0.1) is 5.41 Å². The molecular weight excluding hydrogens is 182 g/mol. The van der Waals surface area contributed by atoms with Crippen molar-refractivity contribution in [3.8, 4) is 0 Å². The first-order valence-corrected chi connectivity index (χ1v) is 5.24. The number of rotatable bonds is 6. The summed E-state index contributed by atoms with van der Waals surface area (Å²) < 4.78 is 5.45. The Balaban J connectivity index is 2.12. The summed E-state index contributed by atoms with van der Waals surface area (Å²) in [6.07, 6.45) is 2.57. The van der Waals surface area contributed by atoms with Crippen molar-refractivity contribution in [1.29, 1.82) is 0 Å². The highest BCUT2D eigenvalue weighted by atomic mass is 16.5. The predicted molar refractivity (Wildman–Crippen MR) is 54.1 cm³/mol. The fraction of sp³-hybridized carbons (Fsp3) is 1.00. The van der Waals surface area contributed by atoms with Crippen LogP contribution >= 0.6 is 0 Å². The van der Waals surface area contributed by atoms with Crippen LogP contribution in [0.25, 0.3) is 0 Å². The van der Waals surface area contributed by atoms with Gasteiger partial charge in [-0.3, -0.25) is 0 Å². The Kier molecular flexibility index (Phi) is 4.81. The van der Waals surface area contributed by atoms with Crippen LogP contribution in [0.5, 0.6) is 0 Å². The number of hydrogen-bond donors (Lipinski definition) is 3. The number of nitrogens with one attached hydrogen (secondary N) is 1. The van der Waals surface area contributed by atoms with Crippen molar-refractivity contribution < 1.29 is 14.9 Å². The van der Waals surface area contributed by atoms with E-state index in [1.165, 1.54) is 0 Å². The van der Waals surface area contributed by atoms with E-state index in [0.29, 0.717) is 12.6 Å². The number of ether oxygens (including phenoxy) is 1. The lowest BCUT2D eigenvalue weighted by Gasteiger charge is -2.25. The molecule has 1 fully saturated rings. The summed E-state index contributed by atoms with van der Waals surface area (Å²) in [6, 6.07) is 0. The first kappa shape index (κ1) is 11.9. The lowest BCUT2D eigenvalue weighted by atomic mass is 9.93. The number of aliphatic hydroxyl groups excluding tert-OH is 2. The van der Waals surface area contributed by atoms with E-state index in [2.05, 4.69) is 5.32 Å². The summed E-state index contributed by atoms with van der Waals surface area (Å²) in [6.45, 7) is 4.17. The lowest BCUT2D eigenvalue weighted by molar-refractivity contribution is 0.0617. The fourth-order valence-electron chi connectivity index (χ4n) is 1.50. The molecule has 0 aliphatic carbocycles.